The van der Waals surface area contributed by atoms with E-state index in [1.54, 1.807) is 0 Å². The van der Waals surface area contributed by atoms with Gasteiger partial charge in [0.2, 0.25) is 0 Å². The molecule has 0 aromatic carbocycles. The van der Waals surface area contributed by atoms with Crippen molar-refractivity contribution < 1.29 is 0 Å². The standard InChI is InChI=1S/C12H21N3/c1-5-8(2)9(3)14-12-7-6-11(13)10(4)15-12/h6-9H,5,13H2,1-4H3,(H,14,15). The highest BCUT2D eigenvalue weighted by molar-refractivity contribution is 5.49. The molecule has 0 aliphatic rings. The SMILES string of the molecule is CCC(C)C(C)Nc1ccc(N)c(C)n1. The molecule has 3 nitrogen and oxygen atoms in total. The summed E-state index contributed by atoms with van der Waals surface area (Å²) in [6.45, 7) is 8.54. The Bertz CT molecular complexity index is 323. The number of aryl methyl sites for hydroxylation is 1. The lowest BCUT2D eigenvalue weighted by Gasteiger charge is -2.20. The van der Waals surface area contributed by atoms with Gasteiger partial charge in [0.25, 0.3) is 0 Å². The Morgan fingerprint density at radius 1 is 1.40 bits per heavy atom. The molecular weight excluding hydrogens is 186 g/mol. The van der Waals surface area contributed by atoms with Crippen LogP contribution < -0.4 is 11.1 Å². The maximum Gasteiger partial charge on any atom is 0.126 e. The van der Waals surface area contributed by atoms with Crippen LogP contribution in [0, 0.1) is 12.8 Å². The van der Waals surface area contributed by atoms with Crippen molar-refractivity contribution in [2.75, 3.05) is 11.1 Å². The third kappa shape index (κ3) is 3.11. The largest absolute Gasteiger partial charge is 0.397 e. The van der Waals surface area contributed by atoms with E-state index in [0.717, 1.165) is 17.2 Å². The van der Waals surface area contributed by atoms with Gasteiger partial charge in [-0.25, -0.2) is 4.98 Å². The molecule has 1 aromatic heterocycles. The third-order valence-corrected chi connectivity index (χ3v) is 3.00. The van der Waals surface area contributed by atoms with Gasteiger partial charge in [-0.3, -0.25) is 0 Å². The van der Waals surface area contributed by atoms with Crippen LogP contribution in [0.15, 0.2) is 12.1 Å². The molecule has 0 saturated carbocycles. The summed E-state index contributed by atoms with van der Waals surface area (Å²) in [5.41, 5.74) is 7.35. The number of aromatic nitrogens is 1. The van der Waals surface area contributed by atoms with Crippen molar-refractivity contribution in [3.8, 4) is 0 Å². The fourth-order valence-corrected chi connectivity index (χ4v) is 1.38. The molecule has 1 aromatic rings. The van der Waals surface area contributed by atoms with Gasteiger partial charge in [0.1, 0.15) is 5.82 Å². The third-order valence-electron chi connectivity index (χ3n) is 3.00. The van der Waals surface area contributed by atoms with Gasteiger partial charge in [0.15, 0.2) is 0 Å². The monoisotopic (exact) mass is 207 g/mol. The van der Waals surface area contributed by atoms with Crippen LogP contribution in [-0.2, 0) is 0 Å². The number of anilines is 2. The molecule has 0 aliphatic heterocycles. The Kier molecular flexibility index (Phi) is 3.95. The van der Waals surface area contributed by atoms with E-state index < -0.39 is 0 Å². The Morgan fingerprint density at radius 2 is 2.07 bits per heavy atom. The molecule has 0 bridgehead atoms. The Hall–Kier alpha value is -1.25. The van der Waals surface area contributed by atoms with Gasteiger partial charge in [-0.1, -0.05) is 20.3 Å². The van der Waals surface area contributed by atoms with Crippen LogP contribution in [-0.4, -0.2) is 11.0 Å². The van der Waals surface area contributed by atoms with Crippen LogP contribution in [0.2, 0.25) is 0 Å². The van der Waals surface area contributed by atoms with Crippen LogP contribution in [0.3, 0.4) is 0 Å². The molecule has 15 heavy (non-hydrogen) atoms. The highest BCUT2D eigenvalue weighted by Gasteiger charge is 2.10. The molecule has 0 spiro atoms. The second kappa shape index (κ2) is 5.01. The van der Waals surface area contributed by atoms with Gasteiger partial charge in [0.05, 0.1) is 11.4 Å². The first-order chi connectivity index (χ1) is 7.04. The molecule has 1 heterocycles. The van der Waals surface area contributed by atoms with Crippen LogP contribution in [0.1, 0.15) is 32.9 Å². The zero-order valence-electron chi connectivity index (χ0n) is 10.0. The summed E-state index contributed by atoms with van der Waals surface area (Å²) < 4.78 is 0. The van der Waals surface area contributed by atoms with E-state index in [-0.39, 0.29) is 0 Å². The van der Waals surface area contributed by atoms with E-state index in [0.29, 0.717) is 12.0 Å². The molecule has 3 heteroatoms. The molecular formula is C12H21N3. The van der Waals surface area contributed by atoms with E-state index in [1.165, 1.54) is 6.42 Å². The summed E-state index contributed by atoms with van der Waals surface area (Å²) in [7, 11) is 0. The van der Waals surface area contributed by atoms with Gasteiger partial charge >= 0.3 is 0 Å². The quantitative estimate of drug-likeness (QED) is 0.798. The average molecular weight is 207 g/mol. The van der Waals surface area contributed by atoms with Gasteiger partial charge < -0.3 is 11.1 Å². The number of hydrogen-bond acceptors (Lipinski definition) is 3. The summed E-state index contributed by atoms with van der Waals surface area (Å²) in [5.74, 6) is 1.55. The smallest absolute Gasteiger partial charge is 0.126 e. The highest BCUT2D eigenvalue weighted by atomic mass is 15.0. The Morgan fingerprint density at radius 3 is 2.60 bits per heavy atom. The van der Waals surface area contributed by atoms with Gasteiger partial charge in [0, 0.05) is 6.04 Å². The molecule has 1 rings (SSSR count). The Labute approximate surface area is 92.1 Å². The lowest BCUT2D eigenvalue weighted by atomic mass is 10.0. The second-order valence-electron chi connectivity index (χ2n) is 4.19. The minimum Gasteiger partial charge on any atom is -0.397 e. The number of nitrogens with one attached hydrogen (secondary N) is 1. The zero-order chi connectivity index (χ0) is 11.4. The maximum atomic E-state index is 5.72. The van der Waals surface area contributed by atoms with Gasteiger partial charge in [-0.15, -0.1) is 0 Å². The second-order valence-corrected chi connectivity index (χ2v) is 4.19. The van der Waals surface area contributed by atoms with Crippen molar-refractivity contribution in [1.82, 2.24) is 4.98 Å². The van der Waals surface area contributed by atoms with E-state index in [1.807, 2.05) is 19.1 Å². The molecule has 0 saturated heterocycles. The molecule has 84 valence electrons. The van der Waals surface area contributed by atoms with Crippen molar-refractivity contribution in [2.45, 2.75) is 40.2 Å². The summed E-state index contributed by atoms with van der Waals surface area (Å²) >= 11 is 0. The molecule has 0 radical (unpaired) electrons. The van der Waals surface area contributed by atoms with Crippen molar-refractivity contribution in [3.05, 3.63) is 17.8 Å². The van der Waals surface area contributed by atoms with Crippen molar-refractivity contribution in [1.29, 1.82) is 0 Å². The zero-order valence-corrected chi connectivity index (χ0v) is 10.0. The highest BCUT2D eigenvalue weighted by Crippen LogP contribution is 2.16. The lowest BCUT2D eigenvalue weighted by Crippen LogP contribution is -2.23. The van der Waals surface area contributed by atoms with Crippen LogP contribution in [0.4, 0.5) is 11.5 Å². The van der Waals surface area contributed by atoms with Crippen LogP contribution >= 0.6 is 0 Å². The van der Waals surface area contributed by atoms with E-state index >= 15 is 0 Å². The van der Waals surface area contributed by atoms with Gasteiger partial charge in [-0.05, 0) is 31.9 Å². The van der Waals surface area contributed by atoms with Crippen LogP contribution in [0.5, 0.6) is 0 Å². The molecule has 2 unspecified atom stereocenters. The molecule has 0 fully saturated rings. The summed E-state index contributed by atoms with van der Waals surface area (Å²) in [6.07, 6.45) is 1.17. The molecule has 2 atom stereocenters. The number of pyridine rings is 1. The number of rotatable bonds is 4. The number of hydrogen-bond donors (Lipinski definition) is 2. The first-order valence-electron chi connectivity index (χ1n) is 5.54. The van der Waals surface area contributed by atoms with E-state index in [2.05, 4.69) is 31.1 Å². The first kappa shape index (κ1) is 11.8. The molecule has 0 aliphatic carbocycles. The fourth-order valence-electron chi connectivity index (χ4n) is 1.38. The average Bonchev–Trinajstić information content (AvgIpc) is 2.22. The predicted molar refractivity (Wildman–Crippen MR) is 65.9 cm³/mol. The first-order valence-corrected chi connectivity index (χ1v) is 5.54. The topological polar surface area (TPSA) is 50.9 Å². The number of nitrogens with zero attached hydrogens (tertiary/aromatic N) is 1. The number of nitrogens with two attached hydrogens (primary N) is 1. The molecule has 3 N–H and O–H groups in total. The maximum absolute atomic E-state index is 5.72. The molecule has 0 amide bonds. The van der Waals surface area contributed by atoms with Crippen molar-refractivity contribution in [2.24, 2.45) is 5.92 Å². The summed E-state index contributed by atoms with van der Waals surface area (Å²) in [5, 5.41) is 3.39. The van der Waals surface area contributed by atoms with Gasteiger partial charge in [-0.2, -0.15) is 0 Å². The van der Waals surface area contributed by atoms with Crippen molar-refractivity contribution in [3.63, 3.8) is 0 Å². The minimum absolute atomic E-state index is 0.436. The normalized spacial score (nSPS) is 14.7. The fraction of sp³-hybridized carbons (Fsp3) is 0.583. The van der Waals surface area contributed by atoms with E-state index in [4.69, 9.17) is 5.73 Å². The summed E-state index contributed by atoms with van der Waals surface area (Å²) in [4.78, 5) is 4.39. The minimum atomic E-state index is 0.436. The van der Waals surface area contributed by atoms with E-state index in [9.17, 15) is 0 Å². The predicted octanol–water partition coefficient (Wildman–Crippen LogP) is 2.82. The lowest BCUT2D eigenvalue weighted by molar-refractivity contribution is 0.493. The Balaban J connectivity index is 2.68. The summed E-state index contributed by atoms with van der Waals surface area (Å²) in [6, 6.07) is 4.26. The number of nitrogen functional groups attached to an aromatic ring is 1. The van der Waals surface area contributed by atoms with Crippen LogP contribution in [0.25, 0.3) is 0 Å². The van der Waals surface area contributed by atoms with Crippen molar-refractivity contribution >= 4 is 11.5 Å².